The second-order valence-corrected chi connectivity index (χ2v) is 4.11. The molecule has 0 aromatic carbocycles. The molecule has 18 heavy (non-hydrogen) atoms. The highest BCUT2D eigenvalue weighted by Crippen LogP contribution is 2.10. The number of amides is 2. The molecule has 1 aromatic rings. The lowest BCUT2D eigenvalue weighted by molar-refractivity contribution is -0.155. The lowest BCUT2D eigenvalue weighted by Gasteiger charge is -2.31. The molecular weight excluding hydrogens is 232 g/mol. The average molecular weight is 244 g/mol. The van der Waals surface area contributed by atoms with Gasteiger partial charge in [-0.2, -0.15) is 5.26 Å². The maximum Gasteiger partial charge on any atom is 0.312 e. The standard InChI is InChI=1S/C12H12N4O2/c1-15-4-5-16(12(18)11(15)17)8-9-2-3-14-10(6-9)7-13/h2-3,6H,4-5,8H2,1H3. The SMILES string of the molecule is CN1CCN(Cc2ccnc(C#N)c2)C(=O)C1=O. The predicted molar refractivity (Wildman–Crippen MR) is 62.0 cm³/mol. The molecule has 1 aromatic heterocycles. The van der Waals surface area contributed by atoms with Crippen LogP contribution >= 0.6 is 0 Å². The highest BCUT2D eigenvalue weighted by atomic mass is 16.2. The molecule has 1 aliphatic rings. The van der Waals surface area contributed by atoms with Gasteiger partial charge in [0.2, 0.25) is 0 Å². The number of nitrogens with zero attached hydrogens (tertiary/aromatic N) is 4. The lowest BCUT2D eigenvalue weighted by Crippen LogP contribution is -2.52. The fourth-order valence-electron chi connectivity index (χ4n) is 1.78. The molecule has 0 bridgehead atoms. The molecule has 0 radical (unpaired) electrons. The van der Waals surface area contributed by atoms with E-state index in [-0.39, 0.29) is 0 Å². The Hall–Kier alpha value is -2.42. The molecule has 0 atom stereocenters. The summed E-state index contributed by atoms with van der Waals surface area (Å²) in [6, 6.07) is 5.30. The summed E-state index contributed by atoms with van der Waals surface area (Å²) >= 11 is 0. The third-order valence-corrected chi connectivity index (χ3v) is 2.83. The number of hydrogen-bond donors (Lipinski definition) is 0. The largest absolute Gasteiger partial charge is 0.336 e. The Morgan fingerprint density at radius 2 is 2.17 bits per heavy atom. The number of piperazine rings is 1. The first-order valence-electron chi connectivity index (χ1n) is 5.51. The molecule has 92 valence electrons. The van der Waals surface area contributed by atoms with Crippen molar-refractivity contribution in [3.63, 3.8) is 0 Å². The van der Waals surface area contributed by atoms with Crippen LogP contribution in [0.3, 0.4) is 0 Å². The zero-order chi connectivity index (χ0) is 13.1. The van der Waals surface area contributed by atoms with E-state index in [0.717, 1.165) is 5.56 Å². The minimum absolute atomic E-state index is 0.306. The first-order valence-corrected chi connectivity index (χ1v) is 5.51. The van der Waals surface area contributed by atoms with Crippen LogP contribution in [-0.2, 0) is 16.1 Å². The van der Waals surface area contributed by atoms with E-state index in [1.165, 1.54) is 16.0 Å². The Kier molecular flexibility index (Phi) is 3.24. The van der Waals surface area contributed by atoms with Gasteiger partial charge in [-0.05, 0) is 17.7 Å². The van der Waals surface area contributed by atoms with Crippen LogP contribution in [0.25, 0.3) is 0 Å². The minimum Gasteiger partial charge on any atom is -0.336 e. The van der Waals surface area contributed by atoms with Crippen molar-refractivity contribution in [2.24, 2.45) is 0 Å². The fourth-order valence-corrected chi connectivity index (χ4v) is 1.78. The Bertz CT molecular complexity index is 535. The second-order valence-electron chi connectivity index (χ2n) is 4.11. The number of aromatic nitrogens is 1. The van der Waals surface area contributed by atoms with Crippen LogP contribution < -0.4 is 0 Å². The summed E-state index contributed by atoms with van der Waals surface area (Å²) in [6.45, 7) is 1.36. The van der Waals surface area contributed by atoms with E-state index >= 15 is 0 Å². The summed E-state index contributed by atoms with van der Waals surface area (Å²) in [5.74, 6) is -0.991. The number of hydrogen-bond acceptors (Lipinski definition) is 4. The molecule has 0 spiro atoms. The van der Waals surface area contributed by atoms with Gasteiger partial charge in [0.15, 0.2) is 0 Å². The monoisotopic (exact) mass is 244 g/mol. The molecule has 2 heterocycles. The highest BCUT2D eigenvalue weighted by molar-refractivity contribution is 6.35. The molecule has 0 N–H and O–H groups in total. The normalized spacial score (nSPS) is 15.8. The molecule has 0 aliphatic carbocycles. The van der Waals surface area contributed by atoms with E-state index in [2.05, 4.69) is 4.98 Å². The van der Waals surface area contributed by atoms with Crippen molar-refractivity contribution < 1.29 is 9.59 Å². The van der Waals surface area contributed by atoms with Crippen molar-refractivity contribution in [3.8, 4) is 6.07 Å². The van der Waals surface area contributed by atoms with E-state index in [1.807, 2.05) is 6.07 Å². The summed E-state index contributed by atoms with van der Waals surface area (Å²) in [7, 11) is 1.61. The molecule has 6 heteroatoms. The molecule has 6 nitrogen and oxygen atoms in total. The van der Waals surface area contributed by atoms with Crippen LogP contribution in [-0.4, -0.2) is 46.7 Å². The zero-order valence-corrected chi connectivity index (χ0v) is 9.96. The van der Waals surface area contributed by atoms with Gasteiger partial charge in [0.05, 0.1) is 0 Å². The number of pyridine rings is 1. The quantitative estimate of drug-likeness (QED) is 0.672. The van der Waals surface area contributed by atoms with Crippen LogP contribution in [0.1, 0.15) is 11.3 Å². The Labute approximate surface area is 104 Å². The molecular formula is C12H12N4O2. The van der Waals surface area contributed by atoms with Crippen LogP contribution in [0.2, 0.25) is 0 Å². The van der Waals surface area contributed by atoms with Crippen molar-refractivity contribution in [2.45, 2.75) is 6.54 Å². The first kappa shape index (κ1) is 12.0. The summed E-state index contributed by atoms with van der Waals surface area (Å²) in [5, 5.41) is 8.74. The van der Waals surface area contributed by atoms with E-state index in [0.29, 0.717) is 25.3 Å². The minimum atomic E-state index is -0.501. The third kappa shape index (κ3) is 2.30. The van der Waals surface area contributed by atoms with E-state index in [4.69, 9.17) is 5.26 Å². The number of carbonyl (C=O) groups excluding carboxylic acids is 2. The maximum atomic E-state index is 11.7. The van der Waals surface area contributed by atoms with Gasteiger partial charge in [-0.25, -0.2) is 4.98 Å². The lowest BCUT2D eigenvalue weighted by atomic mass is 10.2. The molecule has 1 saturated heterocycles. The summed E-state index contributed by atoms with van der Waals surface area (Å²) in [5.41, 5.74) is 1.10. The number of nitriles is 1. The summed E-state index contributed by atoms with van der Waals surface area (Å²) < 4.78 is 0. The van der Waals surface area contributed by atoms with Crippen molar-refractivity contribution >= 4 is 11.8 Å². The van der Waals surface area contributed by atoms with Crippen LogP contribution in [0.5, 0.6) is 0 Å². The van der Waals surface area contributed by atoms with Crippen LogP contribution in [0.15, 0.2) is 18.3 Å². The van der Waals surface area contributed by atoms with E-state index in [9.17, 15) is 9.59 Å². The maximum absolute atomic E-state index is 11.7. The molecule has 0 saturated carbocycles. The van der Waals surface area contributed by atoms with Gasteiger partial charge in [-0.3, -0.25) is 9.59 Å². The van der Waals surface area contributed by atoms with E-state index < -0.39 is 11.8 Å². The summed E-state index contributed by atoms with van der Waals surface area (Å²) in [4.78, 5) is 30.0. The Balaban J connectivity index is 2.12. The topological polar surface area (TPSA) is 77.3 Å². The van der Waals surface area contributed by atoms with E-state index in [1.54, 1.807) is 19.2 Å². The highest BCUT2D eigenvalue weighted by Gasteiger charge is 2.30. The fraction of sp³-hybridized carbons (Fsp3) is 0.333. The number of carbonyl (C=O) groups is 2. The van der Waals surface area contributed by atoms with Gasteiger partial charge in [0, 0.05) is 32.9 Å². The molecule has 1 fully saturated rings. The average Bonchev–Trinajstić information content (AvgIpc) is 2.40. The Morgan fingerprint density at radius 3 is 2.89 bits per heavy atom. The molecule has 2 rings (SSSR count). The zero-order valence-electron chi connectivity index (χ0n) is 9.96. The van der Waals surface area contributed by atoms with Crippen molar-refractivity contribution in [1.82, 2.24) is 14.8 Å². The first-order chi connectivity index (χ1) is 8.61. The van der Waals surface area contributed by atoms with Crippen molar-refractivity contribution in [3.05, 3.63) is 29.6 Å². The van der Waals surface area contributed by atoms with Gasteiger partial charge in [-0.1, -0.05) is 0 Å². The second kappa shape index (κ2) is 4.84. The number of likely N-dealkylation sites (N-methyl/N-ethyl adjacent to an activating group) is 1. The third-order valence-electron chi connectivity index (χ3n) is 2.83. The molecule has 2 amide bonds. The van der Waals surface area contributed by atoms with Gasteiger partial charge in [-0.15, -0.1) is 0 Å². The summed E-state index contributed by atoms with van der Waals surface area (Å²) in [6.07, 6.45) is 1.52. The Morgan fingerprint density at radius 1 is 1.39 bits per heavy atom. The smallest absolute Gasteiger partial charge is 0.312 e. The van der Waals surface area contributed by atoms with Crippen molar-refractivity contribution in [2.75, 3.05) is 20.1 Å². The van der Waals surface area contributed by atoms with Gasteiger partial charge in [0.25, 0.3) is 0 Å². The van der Waals surface area contributed by atoms with Gasteiger partial charge in [0.1, 0.15) is 11.8 Å². The molecule has 0 unspecified atom stereocenters. The number of rotatable bonds is 2. The van der Waals surface area contributed by atoms with Crippen LogP contribution in [0.4, 0.5) is 0 Å². The predicted octanol–water partition coefficient (Wildman–Crippen LogP) is -0.246. The van der Waals surface area contributed by atoms with Gasteiger partial charge >= 0.3 is 11.8 Å². The van der Waals surface area contributed by atoms with Gasteiger partial charge < -0.3 is 9.80 Å². The molecule has 1 aliphatic heterocycles. The van der Waals surface area contributed by atoms with Crippen molar-refractivity contribution in [1.29, 1.82) is 5.26 Å². The van der Waals surface area contributed by atoms with Crippen LogP contribution in [0, 0.1) is 11.3 Å².